The number of para-hydroxylation sites is 1. The third-order valence-electron chi connectivity index (χ3n) is 2.83. The van der Waals surface area contributed by atoms with Crippen molar-refractivity contribution in [3.05, 3.63) is 64.5 Å². The molecule has 0 aliphatic heterocycles. The molecule has 7 nitrogen and oxygen atoms in total. The number of benzene rings is 2. The lowest BCUT2D eigenvalue weighted by molar-refractivity contribution is -0.387. The fraction of sp³-hybridized carbons (Fsp3) is 0.143. The molecule has 0 radical (unpaired) electrons. The van der Waals surface area contributed by atoms with Crippen LogP contribution in [0.15, 0.2) is 53.4 Å². The van der Waals surface area contributed by atoms with Crippen LogP contribution < -0.4 is 9.46 Å². The van der Waals surface area contributed by atoms with Crippen molar-refractivity contribution in [3.63, 3.8) is 0 Å². The fourth-order valence-electron chi connectivity index (χ4n) is 1.74. The van der Waals surface area contributed by atoms with E-state index in [0.29, 0.717) is 11.8 Å². The lowest BCUT2D eigenvalue weighted by Gasteiger charge is -2.08. The number of sulfonamides is 1. The fourth-order valence-corrected chi connectivity index (χ4v) is 2.78. The van der Waals surface area contributed by atoms with Gasteiger partial charge >= 0.3 is 5.69 Å². The van der Waals surface area contributed by atoms with Crippen LogP contribution >= 0.6 is 0 Å². The van der Waals surface area contributed by atoms with Crippen LogP contribution in [0.2, 0.25) is 0 Å². The molecule has 0 atom stereocenters. The average Bonchev–Trinajstić information content (AvgIpc) is 2.52. The molecule has 1 N–H and O–H groups in total. The van der Waals surface area contributed by atoms with E-state index in [1.165, 1.54) is 0 Å². The van der Waals surface area contributed by atoms with Gasteiger partial charge in [0, 0.05) is 12.6 Å². The normalized spacial score (nSPS) is 11.2. The van der Waals surface area contributed by atoms with Crippen molar-refractivity contribution in [1.82, 2.24) is 4.72 Å². The molecular formula is C14H13FN2O5S. The van der Waals surface area contributed by atoms with E-state index in [2.05, 4.69) is 4.72 Å². The van der Waals surface area contributed by atoms with Crippen molar-refractivity contribution >= 4 is 15.7 Å². The van der Waals surface area contributed by atoms with Crippen molar-refractivity contribution in [2.24, 2.45) is 0 Å². The van der Waals surface area contributed by atoms with Gasteiger partial charge in [0.25, 0.3) is 0 Å². The molecule has 0 aromatic heterocycles. The molecule has 2 aromatic rings. The molecule has 0 fully saturated rings. The van der Waals surface area contributed by atoms with E-state index < -0.39 is 26.5 Å². The number of nitrogens with zero attached hydrogens (tertiary/aromatic N) is 1. The smallest absolute Gasteiger partial charge is 0.306 e. The summed E-state index contributed by atoms with van der Waals surface area (Å²) < 4.78 is 44.8. The summed E-state index contributed by atoms with van der Waals surface area (Å²) in [4.78, 5) is 9.29. The van der Waals surface area contributed by atoms with Crippen molar-refractivity contribution in [1.29, 1.82) is 0 Å². The Morgan fingerprint density at radius 2 is 1.87 bits per heavy atom. The molecule has 0 heterocycles. The van der Waals surface area contributed by atoms with E-state index in [1.54, 1.807) is 24.3 Å². The van der Waals surface area contributed by atoms with E-state index in [-0.39, 0.29) is 18.0 Å². The monoisotopic (exact) mass is 340 g/mol. The van der Waals surface area contributed by atoms with Gasteiger partial charge in [0.05, 0.1) is 9.82 Å². The Morgan fingerprint density at radius 3 is 2.52 bits per heavy atom. The molecule has 0 aliphatic rings. The van der Waals surface area contributed by atoms with Gasteiger partial charge in [0.15, 0.2) is 0 Å². The van der Waals surface area contributed by atoms with Crippen LogP contribution in [-0.4, -0.2) is 26.5 Å². The Kier molecular flexibility index (Phi) is 5.24. The molecule has 2 aromatic carbocycles. The highest BCUT2D eigenvalue weighted by Gasteiger charge is 2.21. The topological polar surface area (TPSA) is 98.5 Å². The van der Waals surface area contributed by atoms with Crippen molar-refractivity contribution in [2.75, 3.05) is 13.2 Å². The van der Waals surface area contributed by atoms with Crippen molar-refractivity contribution < 1.29 is 22.5 Å². The molecule has 0 unspecified atom stereocenters. The van der Waals surface area contributed by atoms with Crippen LogP contribution in [0.4, 0.5) is 10.1 Å². The average molecular weight is 340 g/mol. The molecule has 0 saturated carbocycles. The van der Waals surface area contributed by atoms with Crippen molar-refractivity contribution in [2.45, 2.75) is 4.90 Å². The number of nitrogens with one attached hydrogen (secondary N) is 1. The predicted octanol–water partition coefficient (Wildman–Crippen LogP) is 2.09. The molecule has 23 heavy (non-hydrogen) atoms. The third kappa shape index (κ3) is 4.47. The molecule has 2 rings (SSSR count). The predicted molar refractivity (Wildman–Crippen MR) is 80.2 cm³/mol. The lowest BCUT2D eigenvalue weighted by atomic mass is 10.3. The minimum Gasteiger partial charge on any atom is -0.492 e. The number of nitro benzene ring substituents is 1. The van der Waals surface area contributed by atoms with E-state index in [9.17, 15) is 22.9 Å². The third-order valence-corrected chi connectivity index (χ3v) is 4.29. The van der Waals surface area contributed by atoms with Gasteiger partial charge in [0.1, 0.15) is 12.4 Å². The Bertz CT molecular complexity index is 796. The molecule has 0 saturated heterocycles. The summed E-state index contributed by atoms with van der Waals surface area (Å²) in [6.07, 6.45) is 0. The van der Waals surface area contributed by atoms with Crippen LogP contribution in [0.1, 0.15) is 0 Å². The maximum Gasteiger partial charge on any atom is 0.306 e. The summed E-state index contributed by atoms with van der Waals surface area (Å²) in [5.41, 5.74) is -0.895. The second kappa shape index (κ2) is 7.16. The van der Waals surface area contributed by atoms with E-state index in [4.69, 9.17) is 4.74 Å². The maximum atomic E-state index is 13.2. The quantitative estimate of drug-likeness (QED) is 0.473. The number of hydrogen-bond donors (Lipinski definition) is 1. The first kappa shape index (κ1) is 16.8. The van der Waals surface area contributed by atoms with E-state index in [0.717, 1.165) is 12.1 Å². The van der Waals surface area contributed by atoms with Gasteiger partial charge in [-0.3, -0.25) is 10.1 Å². The van der Waals surface area contributed by atoms with Crippen LogP contribution in [0.25, 0.3) is 0 Å². The number of ether oxygens (including phenoxy) is 1. The summed E-state index contributed by atoms with van der Waals surface area (Å²) in [6.45, 7) is 0.0366. The zero-order chi connectivity index (χ0) is 16.9. The summed E-state index contributed by atoms with van der Waals surface area (Å²) >= 11 is 0. The molecule has 0 aliphatic carbocycles. The number of hydrogen-bond acceptors (Lipinski definition) is 5. The SMILES string of the molecule is O=[N+]([O-])c1cc(S(=O)(=O)NCCOc2ccccc2)ccc1F. The first-order valence-corrected chi connectivity index (χ1v) is 8.00. The van der Waals surface area contributed by atoms with Crippen LogP contribution in [0.3, 0.4) is 0 Å². The molecule has 0 amide bonds. The first-order chi connectivity index (χ1) is 10.9. The zero-order valence-corrected chi connectivity index (χ0v) is 12.6. The number of rotatable bonds is 7. The summed E-state index contributed by atoms with van der Waals surface area (Å²) in [5.74, 6) is -0.509. The molecular weight excluding hydrogens is 327 g/mol. The first-order valence-electron chi connectivity index (χ1n) is 6.51. The van der Waals surface area contributed by atoms with Crippen molar-refractivity contribution in [3.8, 4) is 5.75 Å². The Balaban J connectivity index is 1.99. The Labute approximate surface area is 131 Å². The van der Waals surface area contributed by atoms with Gasteiger partial charge in [-0.15, -0.1) is 0 Å². The number of nitro groups is 1. The van der Waals surface area contributed by atoms with Gasteiger partial charge in [-0.25, -0.2) is 13.1 Å². The van der Waals surface area contributed by atoms with Crippen LogP contribution in [-0.2, 0) is 10.0 Å². The molecule has 122 valence electrons. The maximum absolute atomic E-state index is 13.2. The second-order valence-corrected chi connectivity index (χ2v) is 6.20. The van der Waals surface area contributed by atoms with Crippen LogP contribution in [0, 0.1) is 15.9 Å². The largest absolute Gasteiger partial charge is 0.492 e. The van der Waals surface area contributed by atoms with E-state index in [1.807, 2.05) is 6.07 Å². The summed E-state index contributed by atoms with van der Waals surface area (Å²) in [6, 6.07) is 11.2. The van der Waals surface area contributed by atoms with Gasteiger partial charge < -0.3 is 4.74 Å². The van der Waals surface area contributed by atoms with E-state index >= 15 is 0 Å². The molecule has 9 heteroatoms. The number of halogens is 1. The van der Waals surface area contributed by atoms with Gasteiger partial charge in [0.2, 0.25) is 15.8 Å². The minimum absolute atomic E-state index is 0.0393. The zero-order valence-electron chi connectivity index (χ0n) is 11.8. The highest BCUT2D eigenvalue weighted by molar-refractivity contribution is 7.89. The summed E-state index contributed by atoms with van der Waals surface area (Å²) in [5, 5.41) is 10.6. The standard InChI is InChI=1S/C14H13FN2O5S/c15-13-7-6-12(10-14(13)17(18)19)23(20,21)16-8-9-22-11-4-2-1-3-5-11/h1-7,10,16H,8-9H2. The van der Waals surface area contributed by atoms with Crippen LogP contribution in [0.5, 0.6) is 5.75 Å². The van der Waals surface area contributed by atoms with Gasteiger partial charge in [-0.1, -0.05) is 18.2 Å². The Hall–Kier alpha value is -2.52. The van der Waals surface area contributed by atoms with Gasteiger partial charge in [-0.05, 0) is 24.3 Å². The highest BCUT2D eigenvalue weighted by atomic mass is 32.2. The summed E-state index contributed by atoms with van der Waals surface area (Å²) in [7, 11) is -3.99. The lowest BCUT2D eigenvalue weighted by Crippen LogP contribution is -2.28. The molecule has 0 spiro atoms. The Morgan fingerprint density at radius 1 is 1.17 bits per heavy atom. The molecule has 0 bridgehead atoms. The second-order valence-electron chi connectivity index (χ2n) is 4.43. The minimum atomic E-state index is -3.99. The highest BCUT2D eigenvalue weighted by Crippen LogP contribution is 2.21. The van der Waals surface area contributed by atoms with Gasteiger partial charge in [-0.2, -0.15) is 4.39 Å².